The number of nitrogens with two attached hydrogens (primary N) is 3. The third kappa shape index (κ3) is 6.17. The maximum atomic E-state index is 12.5. The molecule has 148 valence electrons. The number of nitrogens with one attached hydrogen (secondary N) is 1. The molecule has 3 unspecified atom stereocenters. The minimum absolute atomic E-state index is 0.0471. The fourth-order valence-electron chi connectivity index (χ4n) is 2.81. The summed E-state index contributed by atoms with van der Waals surface area (Å²) >= 11 is 0. The Morgan fingerprint density at radius 3 is 2.50 bits per heavy atom. The number of aliphatic imine (C=N–C) groups is 1. The van der Waals surface area contributed by atoms with Crippen LogP contribution in [0.1, 0.15) is 39.5 Å². The molecule has 0 aromatic carbocycles. The topological polar surface area (TPSA) is 177 Å². The van der Waals surface area contributed by atoms with E-state index in [1.54, 1.807) is 0 Å². The van der Waals surface area contributed by atoms with Crippen molar-refractivity contribution in [2.45, 2.75) is 57.7 Å². The van der Waals surface area contributed by atoms with Crippen LogP contribution < -0.4 is 22.5 Å². The second kappa shape index (κ2) is 9.95. The highest BCUT2D eigenvalue weighted by atomic mass is 16.4. The number of carboxylic acids is 1. The normalized spacial score (nSPS) is 19.1. The molecule has 1 heterocycles. The second-order valence-corrected chi connectivity index (χ2v) is 6.81. The van der Waals surface area contributed by atoms with Crippen molar-refractivity contribution >= 4 is 23.7 Å². The van der Waals surface area contributed by atoms with Crippen molar-refractivity contribution in [3.8, 4) is 0 Å². The van der Waals surface area contributed by atoms with Crippen molar-refractivity contribution in [2.24, 2.45) is 28.1 Å². The lowest BCUT2D eigenvalue weighted by molar-refractivity contribution is -0.144. The van der Waals surface area contributed by atoms with Crippen LogP contribution in [0.2, 0.25) is 0 Å². The van der Waals surface area contributed by atoms with E-state index in [9.17, 15) is 19.5 Å². The van der Waals surface area contributed by atoms with E-state index in [4.69, 9.17) is 17.2 Å². The average Bonchev–Trinajstić information content (AvgIpc) is 3.05. The maximum absolute atomic E-state index is 12.5. The van der Waals surface area contributed by atoms with Gasteiger partial charge in [0.1, 0.15) is 12.1 Å². The van der Waals surface area contributed by atoms with Crippen LogP contribution in [0.3, 0.4) is 0 Å². The lowest BCUT2D eigenvalue weighted by Gasteiger charge is -2.28. The van der Waals surface area contributed by atoms with Crippen LogP contribution in [0.4, 0.5) is 0 Å². The summed E-state index contributed by atoms with van der Waals surface area (Å²) in [4.78, 5) is 41.6. The molecule has 0 saturated carbocycles. The molecule has 0 aliphatic carbocycles. The number of hydrogen-bond donors (Lipinski definition) is 5. The molecule has 3 atom stereocenters. The Bertz CT molecular complexity index is 547. The van der Waals surface area contributed by atoms with Gasteiger partial charge in [-0.1, -0.05) is 13.8 Å². The molecule has 0 aromatic rings. The van der Waals surface area contributed by atoms with E-state index in [-0.39, 0.29) is 30.8 Å². The minimum Gasteiger partial charge on any atom is -0.480 e. The van der Waals surface area contributed by atoms with E-state index in [1.807, 2.05) is 13.8 Å². The molecule has 0 spiro atoms. The summed E-state index contributed by atoms with van der Waals surface area (Å²) in [5.74, 6) is -2.01. The summed E-state index contributed by atoms with van der Waals surface area (Å²) in [7, 11) is 0. The monoisotopic (exact) mass is 370 g/mol. The standard InChI is InChI=1S/C16H30N6O4/c1-9(2)12(17)14(24)22-8-4-6-11(22)13(23)21-10(15(25)26)5-3-7-20-16(18)19/h9-12H,3-8,17H2,1-2H3,(H,21,23)(H,25,26)(H4,18,19,20). The Labute approximate surface area is 153 Å². The van der Waals surface area contributed by atoms with Gasteiger partial charge in [-0.05, 0) is 31.6 Å². The number of carbonyl (C=O) groups is 3. The van der Waals surface area contributed by atoms with Crippen molar-refractivity contribution in [1.82, 2.24) is 10.2 Å². The van der Waals surface area contributed by atoms with E-state index in [1.165, 1.54) is 4.90 Å². The Morgan fingerprint density at radius 2 is 1.96 bits per heavy atom. The summed E-state index contributed by atoms with van der Waals surface area (Å²) in [6.45, 7) is 4.40. The Hall–Kier alpha value is -2.36. The molecule has 1 aliphatic rings. The van der Waals surface area contributed by atoms with Crippen LogP contribution in [0, 0.1) is 5.92 Å². The number of hydrogen-bond acceptors (Lipinski definition) is 5. The molecule has 10 heteroatoms. The van der Waals surface area contributed by atoms with Gasteiger partial charge < -0.3 is 32.5 Å². The number of guanidine groups is 1. The first kappa shape index (κ1) is 21.7. The SMILES string of the molecule is CC(C)C(N)C(=O)N1CCCC1C(=O)NC(CCCN=C(N)N)C(=O)O. The number of nitrogens with zero attached hydrogens (tertiary/aromatic N) is 2. The predicted molar refractivity (Wildman–Crippen MR) is 97.0 cm³/mol. The van der Waals surface area contributed by atoms with Crippen molar-refractivity contribution < 1.29 is 19.5 Å². The van der Waals surface area contributed by atoms with Crippen LogP contribution in [-0.2, 0) is 14.4 Å². The maximum Gasteiger partial charge on any atom is 0.326 e. The van der Waals surface area contributed by atoms with E-state index in [0.29, 0.717) is 25.8 Å². The van der Waals surface area contributed by atoms with Gasteiger partial charge in [-0.15, -0.1) is 0 Å². The number of rotatable bonds is 9. The molecule has 1 rings (SSSR count). The third-order valence-electron chi connectivity index (χ3n) is 4.40. The van der Waals surface area contributed by atoms with E-state index >= 15 is 0 Å². The van der Waals surface area contributed by atoms with Crippen LogP contribution >= 0.6 is 0 Å². The lowest BCUT2D eigenvalue weighted by Crippen LogP contribution is -2.54. The molecule has 1 saturated heterocycles. The molecule has 1 fully saturated rings. The molecule has 26 heavy (non-hydrogen) atoms. The zero-order valence-corrected chi connectivity index (χ0v) is 15.4. The van der Waals surface area contributed by atoms with Gasteiger partial charge in [0.15, 0.2) is 5.96 Å². The number of likely N-dealkylation sites (tertiary alicyclic amines) is 1. The molecular formula is C16H30N6O4. The van der Waals surface area contributed by atoms with Gasteiger partial charge in [0.2, 0.25) is 11.8 Å². The largest absolute Gasteiger partial charge is 0.480 e. The van der Waals surface area contributed by atoms with Gasteiger partial charge in [-0.3, -0.25) is 14.6 Å². The van der Waals surface area contributed by atoms with Gasteiger partial charge >= 0.3 is 5.97 Å². The van der Waals surface area contributed by atoms with Gasteiger partial charge in [0.05, 0.1) is 6.04 Å². The fraction of sp³-hybridized carbons (Fsp3) is 0.750. The highest BCUT2D eigenvalue weighted by molar-refractivity contribution is 5.92. The summed E-state index contributed by atoms with van der Waals surface area (Å²) in [5, 5.41) is 11.8. The van der Waals surface area contributed by atoms with E-state index in [0.717, 1.165) is 0 Å². The van der Waals surface area contributed by atoms with Crippen molar-refractivity contribution in [3.05, 3.63) is 0 Å². The molecule has 0 aromatic heterocycles. The Balaban J connectivity index is 2.68. The van der Waals surface area contributed by atoms with Gasteiger partial charge in [-0.2, -0.15) is 0 Å². The van der Waals surface area contributed by atoms with Crippen molar-refractivity contribution in [1.29, 1.82) is 0 Å². The highest BCUT2D eigenvalue weighted by Crippen LogP contribution is 2.20. The van der Waals surface area contributed by atoms with Crippen molar-refractivity contribution in [3.63, 3.8) is 0 Å². The molecule has 2 amide bonds. The smallest absolute Gasteiger partial charge is 0.326 e. The first-order chi connectivity index (χ1) is 12.1. The summed E-state index contributed by atoms with van der Waals surface area (Å²) in [6, 6.07) is -2.43. The van der Waals surface area contributed by atoms with Gasteiger partial charge in [0.25, 0.3) is 0 Å². The second-order valence-electron chi connectivity index (χ2n) is 6.81. The van der Waals surface area contributed by atoms with Gasteiger partial charge in [-0.25, -0.2) is 4.79 Å². The van der Waals surface area contributed by atoms with E-state index in [2.05, 4.69) is 10.3 Å². The average molecular weight is 370 g/mol. The zero-order valence-electron chi connectivity index (χ0n) is 15.4. The highest BCUT2D eigenvalue weighted by Gasteiger charge is 2.37. The molecule has 0 radical (unpaired) electrons. The Kier molecular flexibility index (Phi) is 8.30. The Morgan fingerprint density at radius 1 is 1.31 bits per heavy atom. The summed E-state index contributed by atoms with van der Waals surface area (Å²) < 4.78 is 0. The van der Waals surface area contributed by atoms with Crippen LogP contribution in [0.15, 0.2) is 4.99 Å². The first-order valence-electron chi connectivity index (χ1n) is 8.79. The molecule has 8 N–H and O–H groups in total. The fourth-order valence-corrected chi connectivity index (χ4v) is 2.81. The third-order valence-corrected chi connectivity index (χ3v) is 4.40. The summed E-state index contributed by atoms with van der Waals surface area (Å²) in [6.07, 6.45) is 1.75. The van der Waals surface area contributed by atoms with Crippen LogP contribution in [0.25, 0.3) is 0 Å². The number of carbonyl (C=O) groups excluding carboxylic acids is 2. The zero-order chi connectivity index (χ0) is 19.9. The number of amides is 2. The lowest BCUT2D eigenvalue weighted by atomic mass is 10.0. The van der Waals surface area contributed by atoms with E-state index < -0.39 is 30.0 Å². The van der Waals surface area contributed by atoms with Gasteiger partial charge in [0, 0.05) is 13.1 Å². The molecule has 0 bridgehead atoms. The summed E-state index contributed by atoms with van der Waals surface area (Å²) in [5.41, 5.74) is 16.3. The quantitative estimate of drug-likeness (QED) is 0.188. The predicted octanol–water partition coefficient (Wildman–Crippen LogP) is -1.42. The minimum atomic E-state index is -1.14. The van der Waals surface area contributed by atoms with Crippen LogP contribution in [-0.4, -0.2) is 65.0 Å². The first-order valence-corrected chi connectivity index (χ1v) is 8.79. The molecule has 1 aliphatic heterocycles. The molecular weight excluding hydrogens is 340 g/mol. The van der Waals surface area contributed by atoms with Crippen LogP contribution in [0.5, 0.6) is 0 Å². The molecule has 10 nitrogen and oxygen atoms in total. The van der Waals surface area contributed by atoms with Crippen molar-refractivity contribution in [2.75, 3.05) is 13.1 Å². The number of carboxylic acid groups (broad SMARTS) is 1. The number of aliphatic carboxylic acids is 1.